The van der Waals surface area contributed by atoms with Crippen molar-refractivity contribution in [2.75, 3.05) is 7.05 Å². The van der Waals surface area contributed by atoms with E-state index in [4.69, 9.17) is 0 Å². The van der Waals surface area contributed by atoms with E-state index in [1.165, 1.54) is 6.42 Å². The average molecular weight is 183 g/mol. The highest BCUT2D eigenvalue weighted by molar-refractivity contribution is 5.61. The van der Waals surface area contributed by atoms with Gasteiger partial charge in [0.2, 0.25) is 0 Å². The van der Waals surface area contributed by atoms with Crippen LogP contribution in [0.5, 0.6) is 0 Å². The molecule has 0 aromatic rings. The van der Waals surface area contributed by atoms with Crippen LogP contribution in [0.3, 0.4) is 0 Å². The SMILES string of the molecule is CCC(C(C)C)C(C=NC)C(C)C. The van der Waals surface area contributed by atoms with Gasteiger partial charge in [-0.15, -0.1) is 0 Å². The molecule has 1 heteroatoms. The normalized spacial score (nSPS) is 17.2. The van der Waals surface area contributed by atoms with Crippen LogP contribution in [0.2, 0.25) is 0 Å². The summed E-state index contributed by atoms with van der Waals surface area (Å²) in [4.78, 5) is 4.18. The molecule has 0 rings (SSSR count). The van der Waals surface area contributed by atoms with E-state index in [0.717, 1.165) is 11.8 Å². The van der Waals surface area contributed by atoms with Crippen LogP contribution in [0.15, 0.2) is 4.99 Å². The van der Waals surface area contributed by atoms with E-state index in [1.807, 2.05) is 7.05 Å². The van der Waals surface area contributed by atoms with Crippen LogP contribution in [0.25, 0.3) is 0 Å². The zero-order chi connectivity index (χ0) is 10.4. The summed E-state index contributed by atoms with van der Waals surface area (Å²) in [7, 11) is 1.88. The molecule has 0 spiro atoms. The van der Waals surface area contributed by atoms with E-state index in [0.29, 0.717) is 11.8 Å². The maximum atomic E-state index is 4.18. The number of hydrogen-bond acceptors (Lipinski definition) is 1. The molecule has 0 saturated heterocycles. The first-order chi connectivity index (χ1) is 6.04. The summed E-state index contributed by atoms with van der Waals surface area (Å²) in [6.45, 7) is 11.5. The summed E-state index contributed by atoms with van der Waals surface area (Å²) in [6, 6.07) is 0. The molecular formula is C12H25N. The van der Waals surface area contributed by atoms with E-state index < -0.39 is 0 Å². The van der Waals surface area contributed by atoms with Crippen LogP contribution in [-0.4, -0.2) is 13.3 Å². The van der Waals surface area contributed by atoms with Crippen molar-refractivity contribution in [3.05, 3.63) is 0 Å². The molecule has 2 unspecified atom stereocenters. The van der Waals surface area contributed by atoms with Gasteiger partial charge in [0.1, 0.15) is 0 Å². The van der Waals surface area contributed by atoms with Gasteiger partial charge in [-0.1, -0.05) is 41.0 Å². The summed E-state index contributed by atoms with van der Waals surface area (Å²) in [5, 5.41) is 0. The van der Waals surface area contributed by atoms with Crippen molar-refractivity contribution in [1.29, 1.82) is 0 Å². The molecule has 0 fully saturated rings. The molecular weight excluding hydrogens is 158 g/mol. The minimum Gasteiger partial charge on any atom is -0.301 e. The monoisotopic (exact) mass is 183 g/mol. The minimum atomic E-state index is 0.648. The summed E-state index contributed by atoms with van der Waals surface area (Å²) in [5.74, 6) is 2.89. The molecule has 0 heterocycles. The van der Waals surface area contributed by atoms with E-state index in [1.54, 1.807) is 0 Å². The quantitative estimate of drug-likeness (QED) is 0.577. The Bertz CT molecular complexity index is 147. The van der Waals surface area contributed by atoms with Gasteiger partial charge >= 0.3 is 0 Å². The Morgan fingerprint density at radius 3 is 1.85 bits per heavy atom. The molecule has 0 bridgehead atoms. The molecule has 0 amide bonds. The Kier molecular flexibility index (Phi) is 6.02. The lowest BCUT2D eigenvalue weighted by molar-refractivity contribution is 0.256. The highest BCUT2D eigenvalue weighted by Crippen LogP contribution is 2.28. The first-order valence-electron chi connectivity index (χ1n) is 5.46. The van der Waals surface area contributed by atoms with Crippen LogP contribution in [0.4, 0.5) is 0 Å². The highest BCUT2D eigenvalue weighted by Gasteiger charge is 2.23. The van der Waals surface area contributed by atoms with Crippen LogP contribution >= 0.6 is 0 Å². The van der Waals surface area contributed by atoms with Gasteiger partial charge in [-0.05, 0) is 23.7 Å². The zero-order valence-electron chi connectivity index (χ0n) is 10.0. The number of nitrogens with zero attached hydrogens (tertiary/aromatic N) is 1. The fraction of sp³-hybridized carbons (Fsp3) is 0.917. The van der Waals surface area contributed by atoms with Crippen molar-refractivity contribution >= 4 is 6.21 Å². The Hall–Kier alpha value is -0.330. The fourth-order valence-electron chi connectivity index (χ4n) is 2.14. The molecule has 0 aliphatic heterocycles. The third-order valence-corrected chi connectivity index (χ3v) is 2.91. The Morgan fingerprint density at radius 2 is 1.62 bits per heavy atom. The molecule has 78 valence electrons. The first kappa shape index (κ1) is 12.7. The van der Waals surface area contributed by atoms with Crippen molar-refractivity contribution < 1.29 is 0 Å². The van der Waals surface area contributed by atoms with Gasteiger partial charge in [0.05, 0.1) is 0 Å². The second-order valence-electron chi connectivity index (χ2n) is 4.54. The van der Waals surface area contributed by atoms with E-state index in [9.17, 15) is 0 Å². The molecule has 1 nitrogen and oxygen atoms in total. The zero-order valence-corrected chi connectivity index (χ0v) is 10.0. The lowest BCUT2D eigenvalue weighted by atomic mass is 9.76. The molecule has 0 aromatic heterocycles. The van der Waals surface area contributed by atoms with E-state index in [-0.39, 0.29) is 0 Å². The summed E-state index contributed by atoms with van der Waals surface area (Å²) >= 11 is 0. The number of rotatable bonds is 5. The molecule has 0 N–H and O–H groups in total. The summed E-state index contributed by atoms with van der Waals surface area (Å²) in [6.07, 6.45) is 3.39. The van der Waals surface area contributed by atoms with Crippen molar-refractivity contribution in [2.45, 2.75) is 41.0 Å². The fourth-order valence-corrected chi connectivity index (χ4v) is 2.14. The van der Waals surface area contributed by atoms with Gasteiger partial charge in [0.15, 0.2) is 0 Å². The number of aliphatic imine (C=N–C) groups is 1. The van der Waals surface area contributed by atoms with Gasteiger partial charge in [0, 0.05) is 13.3 Å². The molecule has 0 aromatic carbocycles. The third-order valence-electron chi connectivity index (χ3n) is 2.91. The molecule has 13 heavy (non-hydrogen) atoms. The van der Waals surface area contributed by atoms with Crippen LogP contribution < -0.4 is 0 Å². The van der Waals surface area contributed by atoms with Crippen LogP contribution in [-0.2, 0) is 0 Å². The van der Waals surface area contributed by atoms with Crippen molar-refractivity contribution in [3.8, 4) is 0 Å². The minimum absolute atomic E-state index is 0.648. The van der Waals surface area contributed by atoms with Crippen molar-refractivity contribution in [1.82, 2.24) is 0 Å². The van der Waals surface area contributed by atoms with Gasteiger partial charge in [0.25, 0.3) is 0 Å². The average Bonchev–Trinajstić information content (AvgIpc) is 2.03. The molecule has 2 atom stereocenters. The Morgan fingerprint density at radius 1 is 1.08 bits per heavy atom. The molecule has 0 aliphatic carbocycles. The van der Waals surface area contributed by atoms with Gasteiger partial charge < -0.3 is 4.99 Å². The van der Waals surface area contributed by atoms with Gasteiger partial charge in [-0.25, -0.2) is 0 Å². The van der Waals surface area contributed by atoms with Gasteiger partial charge in [-0.3, -0.25) is 0 Å². The largest absolute Gasteiger partial charge is 0.301 e. The standard InChI is InChI=1S/C12H25N/c1-7-11(9(2)3)12(8-13-6)10(4)5/h8-12H,7H2,1-6H3. The van der Waals surface area contributed by atoms with Crippen LogP contribution in [0, 0.1) is 23.7 Å². The van der Waals surface area contributed by atoms with Crippen molar-refractivity contribution in [2.24, 2.45) is 28.7 Å². The Labute approximate surface area is 83.6 Å². The third kappa shape index (κ3) is 3.93. The lowest BCUT2D eigenvalue weighted by Crippen LogP contribution is -2.25. The van der Waals surface area contributed by atoms with Crippen molar-refractivity contribution in [3.63, 3.8) is 0 Å². The predicted molar refractivity (Wildman–Crippen MR) is 61.4 cm³/mol. The molecule has 0 radical (unpaired) electrons. The van der Waals surface area contributed by atoms with E-state index in [2.05, 4.69) is 45.8 Å². The maximum Gasteiger partial charge on any atom is 0.0273 e. The summed E-state index contributed by atoms with van der Waals surface area (Å²) < 4.78 is 0. The van der Waals surface area contributed by atoms with Crippen LogP contribution in [0.1, 0.15) is 41.0 Å². The first-order valence-corrected chi connectivity index (χ1v) is 5.46. The topological polar surface area (TPSA) is 12.4 Å². The smallest absolute Gasteiger partial charge is 0.0273 e. The Balaban J connectivity index is 4.48. The number of hydrogen-bond donors (Lipinski definition) is 0. The maximum absolute atomic E-state index is 4.18. The second kappa shape index (κ2) is 6.17. The lowest BCUT2D eigenvalue weighted by Gasteiger charge is -2.29. The highest BCUT2D eigenvalue weighted by atomic mass is 14.6. The molecule has 0 saturated carbocycles. The summed E-state index contributed by atoms with van der Waals surface area (Å²) in [5.41, 5.74) is 0. The predicted octanol–water partition coefficient (Wildman–Crippen LogP) is 3.64. The van der Waals surface area contributed by atoms with E-state index >= 15 is 0 Å². The molecule has 0 aliphatic rings. The van der Waals surface area contributed by atoms with Gasteiger partial charge in [-0.2, -0.15) is 0 Å². The second-order valence-corrected chi connectivity index (χ2v) is 4.54.